The number of hydrogen-bond donors (Lipinski definition) is 2. The van der Waals surface area contributed by atoms with Crippen molar-refractivity contribution in [2.24, 2.45) is 0 Å². The Hall–Kier alpha value is -2.06. The molecule has 0 bridgehead atoms. The largest absolute Gasteiger partial charge is 0.493 e. The number of nitrogens with one attached hydrogen (secondary N) is 2. The Bertz CT molecular complexity index is 698. The van der Waals surface area contributed by atoms with Gasteiger partial charge in [0.05, 0.1) is 25.2 Å². The topological polar surface area (TPSA) is 93.3 Å². The van der Waals surface area contributed by atoms with Crippen molar-refractivity contribution in [2.75, 3.05) is 14.2 Å². The molecule has 0 aliphatic carbocycles. The summed E-state index contributed by atoms with van der Waals surface area (Å²) in [7, 11) is -0.748. The highest BCUT2D eigenvalue weighted by Gasteiger charge is 2.21. The molecule has 2 aromatic rings. The maximum Gasteiger partial charge on any atom is 0.241 e. The summed E-state index contributed by atoms with van der Waals surface area (Å²) in [6.07, 6.45) is 3.20. The molecular weight excluding hydrogens is 294 g/mol. The third kappa shape index (κ3) is 3.34. The fourth-order valence-corrected chi connectivity index (χ4v) is 3.08. The summed E-state index contributed by atoms with van der Waals surface area (Å²) in [5, 5.41) is 0. The highest BCUT2D eigenvalue weighted by Crippen LogP contribution is 2.29. The zero-order valence-electron chi connectivity index (χ0n) is 12.0. The van der Waals surface area contributed by atoms with E-state index in [2.05, 4.69) is 14.7 Å². The normalized spacial score (nSPS) is 12.9. The van der Waals surface area contributed by atoms with Crippen LogP contribution in [0.5, 0.6) is 11.5 Å². The molecule has 1 atom stereocenters. The van der Waals surface area contributed by atoms with Crippen LogP contribution in [-0.4, -0.2) is 32.6 Å². The standard InChI is InChI=1S/C13H17N3O4S/c1-9(13-14-6-7-15-13)16-21(17,18)10-4-5-11(19-2)12(8-10)20-3/h4-9,16H,1-3H3,(H,14,15). The predicted octanol–water partition coefficient (Wildman–Crippen LogP) is 1.47. The number of benzene rings is 1. The lowest BCUT2D eigenvalue weighted by Gasteiger charge is -2.14. The van der Waals surface area contributed by atoms with E-state index in [0.717, 1.165) is 0 Å². The fraction of sp³-hybridized carbons (Fsp3) is 0.308. The van der Waals surface area contributed by atoms with Gasteiger partial charge in [0.1, 0.15) is 5.82 Å². The molecule has 21 heavy (non-hydrogen) atoms. The highest BCUT2D eigenvalue weighted by atomic mass is 32.2. The quantitative estimate of drug-likeness (QED) is 0.842. The number of rotatable bonds is 6. The lowest BCUT2D eigenvalue weighted by molar-refractivity contribution is 0.354. The van der Waals surface area contributed by atoms with Gasteiger partial charge in [-0.3, -0.25) is 0 Å². The predicted molar refractivity (Wildman–Crippen MR) is 76.9 cm³/mol. The van der Waals surface area contributed by atoms with Crippen molar-refractivity contribution in [3.63, 3.8) is 0 Å². The summed E-state index contributed by atoms with van der Waals surface area (Å²) >= 11 is 0. The monoisotopic (exact) mass is 311 g/mol. The molecule has 8 heteroatoms. The van der Waals surface area contributed by atoms with Gasteiger partial charge in [0.15, 0.2) is 11.5 Å². The van der Waals surface area contributed by atoms with Crippen molar-refractivity contribution in [3.05, 3.63) is 36.4 Å². The molecule has 0 spiro atoms. The molecule has 0 aliphatic heterocycles. The molecule has 1 aromatic heterocycles. The van der Waals surface area contributed by atoms with E-state index in [-0.39, 0.29) is 4.90 Å². The van der Waals surface area contributed by atoms with Crippen LogP contribution in [0.15, 0.2) is 35.5 Å². The van der Waals surface area contributed by atoms with E-state index in [1.807, 2.05) is 0 Å². The Labute approximate surface area is 123 Å². The van der Waals surface area contributed by atoms with Crippen molar-refractivity contribution in [1.29, 1.82) is 0 Å². The first-order chi connectivity index (χ1) is 9.97. The number of aromatic nitrogens is 2. The van der Waals surface area contributed by atoms with Gasteiger partial charge in [-0.25, -0.2) is 18.1 Å². The molecule has 1 heterocycles. The Morgan fingerprint density at radius 3 is 2.52 bits per heavy atom. The average molecular weight is 311 g/mol. The first-order valence-electron chi connectivity index (χ1n) is 6.21. The van der Waals surface area contributed by atoms with Crippen LogP contribution >= 0.6 is 0 Å². The molecule has 0 saturated heterocycles. The van der Waals surface area contributed by atoms with Crippen molar-refractivity contribution in [1.82, 2.24) is 14.7 Å². The zero-order valence-corrected chi connectivity index (χ0v) is 12.8. The molecule has 0 aliphatic rings. The van der Waals surface area contributed by atoms with Gasteiger partial charge in [0, 0.05) is 18.5 Å². The van der Waals surface area contributed by atoms with Crippen molar-refractivity contribution < 1.29 is 17.9 Å². The van der Waals surface area contributed by atoms with Crippen molar-refractivity contribution in [3.8, 4) is 11.5 Å². The maximum atomic E-state index is 12.4. The Kier molecular flexibility index (Phi) is 4.49. The maximum absolute atomic E-state index is 12.4. The van der Waals surface area contributed by atoms with E-state index < -0.39 is 16.1 Å². The van der Waals surface area contributed by atoms with E-state index in [1.54, 1.807) is 25.4 Å². The third-order valence-corrected chi connectivity index (χ3v) is 4.47. The lowest BCUT2D eigenvalue weighted by atomic mass is 10.3. The number of imidazole rings is 1. The van der Waals surface area contributed by atoms with Crippen LogP contribution in [0.25, 0.3) is 0 Å². The molecule has 0 saturated carbocycles. The van der Waals surface area contributed by atoms with Gasteiger partial charge in [0.2, 0.25) is 10.0 Å². The second kappa shape index (κ2) is 6.15. The van der Waals surface area contributed by atoms with Crippen LogP contribution in [0.1, 0.15) is 18.8 Å². The smallest absolute Gasteiger partial charge is 0.241 e. The van der Waals surface area contributed by atoms with Crippen molar-refractivity contribution in [2.45, 2.75) is 17.9 Å². The minimum absolute atomic E-state index is 0.0959. The van der Waals surface area contributed by atoms with Gasteiger partial charge < -0.3 is 14.5 Å². The molecule has 2 N–H and O–H groups in total. The summed E-state index contributed by atoms with van der Waals surface area (Å²) < 4.78 is 37.5. The summed E-state index contributed by atoms with van der Waals surface area (Å²) in [5.41, 5.74) is 0. The summed E-state index contributed by atoms with van der Waals surface area (Å²) in [6.45, 7) is 1.71. The molecule has 0 fully saturated rings. The molecule has 0 radical (unpaired) electrons. The van der Waals surface area contributed by atoms with Crippen LogP contribution in [0.4, 0.5) is 0 Å². The second-order valence-corrected chi connectivity index (χ2v) is 6.05. The Morgan fingerprint density at radius 2 is 1.95 bits per heavy atom. The van der Waals surface area contributed by atoms with E-state index in [9.17, 15) is 8.42 Å². The molecule has 7 nitrogen and oxygen atoms in total. The van der Waals surface area contributed by atoms with Crippen LogP contribution in [0.2, 0.25) is 0 Å². The van der Waals surface area contributed by atoms with E-state index in [1.165, 1.54) is 26.4 Å². The third-order valence-electron chi connectivity index (χ3n) is 2.93. The number of sulfonamides is 1. The number of H-pyrrole nitrogens is 1. The number of hydrogen-bond acceptors (Lipinski definition) is 5. The van der Waals surface area contributed by atoms with E-state index in [0.29, 0.717) is 17.3 Å². The van der Waals surface area contributed by atoms with Gasteiger partial charge in [-0.2, -0.15) is 0 Å². The first-order valence-corrected chi connectivity index (χ1v) is 7.70. The number of nitrogens with zero attached hydrogens (tertiary/aromatic N) is 1. The Balaban J connectivity index is 2.27. The van der Waals surface area contributed by atoms with Crippen LogP contribution in [-0.2, 0) is 10.0 Å². The SMILES string of the molecule is COc1ccc(S(=O)(=O)NC(C)c2ncc[nH]2)cc1OC. The summed E-state index contributed by atoms with van der Waals surface area (Å²) in [4.78, 5) is 6.99. The summed E-state index contributed by atoms with van der Waals surface area (Å²) in [5.74, 6) is 1.36. The van der Waals surface area contributed by atoms with E-state index in [4.69, 9.17) is 9.47 Å². The highest BCUT2D eigenvalue weighted by molar-refractivity contribution is 7.89. The number of ether oxygens (including phenoxy) is 2. The molecular formula is C13H17N3O4S. The minimum Gasteiger partial charge on any atom is -0.493 e. The zero-order chi connectivity index (χ0) is 15.5. The molecule has 2 rings (SSSR count). The second-order valence-electron chi connectivity index (χ2n) is 4.33. The molecule has 0 amide bonds. The molecule has 114 valence electrons. The fourth-order valence-electron chi connectivity index (χ4n) is 1.85. The van der Waals surface area contributed by atoms with E-state index >= 15 is 0 Å². The van der Waals surface area contributed by atoms with Gasteiger partial charge in [-0.05, 0) is 19.1 Å². The van der Waals surface area contributed by atoms with Crippen LogP contribution in [0, 0.1) is 0 Å². The summed E-state index contributed by atoms with van der Waals surface area (Å²) in [6, 6.07) is 3.94. The molecule has 1 unspecified atom stereocenters. The van der Waals surface area contributed by atoms with Crippen molar-refractivity contribution >= 4 is 10.0 Å². The van der Waals surface area contributed by atoms with Gasteiger partial charge in [-0.15, -0.1) is 0 Å². The average Bonchev–Trinajstić information content (AvgIpc) is 3.00. The van der Waals surface area contributed by atoms with Gasteiger partial charge in [0.25, 0.3) is 0 Å². The number of aromatic amines is 1. The Morgan fingerprint density at radius 1 is 1.24 bits per heavy atom. The molecule has 1 aromatic carbocycles. The lowest BCUT2D eigenvalue weighted by Crippen LogP contribution is -2.27. The first kappa shape index (κ1) is 15.3. The number of methoxy groups -OCH3 is 2. The van der Waals surface area contributed by atoms with Gasteiger partial charge >= 0.3 is 0 Å². The van der Waals surface area contributed by atoms with Gasteiger partial charge in [-0.1, -0.05) is 0 Å². The minimum atomic E-state index is -3.69. The van der Waals surface area contributed by atoms with Crippen LogP contribution in [0.3, 0.4) is 0 Å². The van der Waals surface area contributed by atoms with Crippen LogP contribution < -0.4 is 14.2 Å².